The molecular weight excluding hydrogens is 602 g/mol. The number of carbonyl (C=O) groups is 3. The van der Waals surface area contributed by atoms with Crippen LogP contribution in [-0.2, 0) is 0 Å². The van der Waals surface area contributed by atoms with Crippen LogP contribution in [0.5, 0.6) is 17.2 Å². The van der Waals surface area contributed by atoms with Crippen LogP contribution in [0.2, 0.25) is 0 Å². The zero-order chi connectivity index (χ0) is 33.1. The summed E-state index contributed by atoms with van der Waals surface area (Å²) in [5.74, 6) is 0.949. The van der Waals surface area contributed by atoms with E-state index in [1.165, 1.54) is 4.90 Å². The highest BCUT2D eigenvalue weighted by Gasteiger charge is 2.34. The number of likely N-dealkylation sites (N-methyl/N-ethyl adjacent to an activating group) is 1. The first-order chi connectivity index (χ1) is 22.7. The summed E-state index contributed by atoms with van der Waals surface area (Å²) in [7, 11) is 1.67. The Kier molecular flexibility index (Phi) is 9.03. The van der Waals surface area contributed by atoms with E-state index in [0.717, 1.165) is 10.8 Å². The molecule has 0 radical (unpaired) electrons. The second-order valence-corrected chi connectivity index (χ2v) is 11.8. The number of fused-ring (bicyclic) bond motifs is 3. The third-order valence-corrected chi connectivity index (χ3v) is 8.38. The van der Waals surface area contributed by atoms with Crippen molar-refractivity contribution in [3.63, 3.8) is 0 Å². The monoisotopic (exact) mass is 639 g/mol. The van der Waals surface area contributed by atoms with Crippen LogP contribution >= 0.6 is 0 Å². The van der Waals surface area contributed by atoms with Crippen molar-refractivity contribution in [2.45, 2.75) is 26.0 Å². The van der Waals surface area contributed by atoms with Gasteiger partial charge >= 0.3 is 12.1 Å². The lowest BCUT2D eigenvalue weighted by molar-refractivity contribution is 0.0371. The molecule has 5 amide bonds. The van der Waals surface area contributed by atoms with Gasteiger partial charge in [-0.25, -0.2) is 9.59 Å². The van der Waals surface area contributed by atoms with Gasteiger partial charge in [-0.1, -0.05) is 43.3 Å². The quantitative estimate of drug-likeness (QED) is 0.206. The van der Waals surface area contributed by atoms with Crippen molar-refractivity contribution in [1.82, 2.24) is 9.80 Å². The lowest BCUT2D eigenvalue weighted by Gasteiger charge is -2.38. The van der Waals surface area contributed by atoms with Crippen LogP contribution in [0, 0.1) is 5.92 Å². The van der Waals surface area contributed by atoms with Crippen molar-refractivity contribution in [3.8, 4) is 17.2 Å². The highest BCUT2D eigenvalue weighted by molar-refractivity contribution is 6.07. The van der Waals surface area contributed by atoms with Crippen LogP contribution in [0.25, 0.3) is 10.8 Å². The summed E-state index contributed by atoms with van der Waals surface area (Å²) < 4.78 is 17.2. The number of hydrogen-bond donors (Lipinski definition) is 4. The highest BCUT2D eigenvalue weighted by atomic mass is 16.7. The lowest BCUT2D eigenvalue weighted by Crippen LogP contribution is -2.50. The van der Waals surface area contributed by atoms with E-state index < -0.39 is 18.2 Å². The third kappa shape index (κ3) is 6.87. The first kappa shape index (κ1) is 31.5. The van der Waals surface area contributed by atoms with Crippen LogP contribution in [0.15, 0.2) is 78.9 Å². The minimum atomic E-state index is -0.504. The Hall–Kier alpha value is -5.49. The molecule has 47 heavy (non-hydrogen) atoms. The molecule has 244 valence electrons. The van der Waals surface area contributed by atoms with E-state index >= 15 is 0 Å². The first-order valence-corrected chi connectivity index (χ1v) is 15.4. The summed E-state index contributed by atoms with van der Waals surface area (Å²) in [5, 5.41) is 20.5. The number of rotatable bonds is 7. The number of nitrogens with zero attached hydrogens (tertiary/aromatic N) is 2. The van der Waals surface area contributed by atoms with Gasteiger partial charge in [0.1, 0.15) is 11.9 Å². The standard InChI is InChI=1S/C35H37N5O7/c1-21-17-40(22(2)19-41)33(42)27-15-24(36-34(43)38-28-10-6-8-23-7-4-5-9-26(23)28)11-13-29(27)47-32(21)18-39(3)35(44)37-25-12-14-30-31(16-25)46-20-45-30/h4-16,21-22,32,41H,17-20H2,1-3H3,(H,37,44)(H2,36,38,43)/t21-,22-,32+/m0/s1. The topological polar surface area (TPSA) is 142 Å². The van der Waals surface area contributed by atoms with E-state index in [9.17, 15) is 19.5 Å². The maximum Gasteiger partial charge on any atom is 0.323 e. The Morgan fingerprint density at radius 1 is 0.936 bits per heavy atom. The molecule has 2 heterocycles. The third-order valence-electron chi connectivity index (χ3n) is 8.38. The fourth-order valence-corrected chi connectivity index (χ4v) is 5.68. The molecule has 0 fully saturated rings. The summed E-state index contributed by atoms with van der Waals surface area (Å²) in [6.45, 7) is 4.10. The van der Waals surface area contributed by atoms with Gasteiger partial charge in [0.05, 0.1) is 30.4 Å². The van der Waals surface area contributed by atoms with Gasteiger partial charge < -0.3 is 45.1 Å². The number of aliphatic hydroxyl groups is 1. The van der Waals surface area contributed by atoms with Crippen molar-refractivity contribution >= 4 is 45.8 Å². The second kappa shape index (κ2) is 13.5. The summed E-state index contributed by atoms with van der Waals surface area (Å²) in [6, 6.07) is 22.1. The van der Waals surface area contributed by atoms with Gasteiger partial charge in [0.2, 0.25) is 6.79 Å². The van der Waals surface area contributed by atoms with Gasteiger partial charge in [0, 0.05) is 42.3 Å². The Balaban J connectivity index is 1.20. The number of anilines is 3. The zero-order valence-corrected chi connectivity index (χ0v) is 26.4. The van der Waals surface area contributed by atoms with Crippen LogP contribution in [0.3, 0.4) is 0 Å². The average Bonchev–Trinajstić information content (AvgIpc) is 3.54. The van der Waals surface area contributed by atoms with Gasteiger partial charge in [0.15, 0.2) is 11.5 Å². The summed E-state index contributed by atoms with van der Waals surface area (Å²) in [4.78, 5) is 43.2. The largest absolute Gasteiger partial charge is 0.487 e. The molecule has 6 rings (SSSR count). The smallest absolute Gasteiger partial charge is 0.323 e. The van der Waals surface area contributed by atoms with E-state index in [2.05, 4.69) is 16.0 Å². The van der Waals surface area contributed by atoms with Gasteiger partial charge in [-0.2, -0.15) is 0 Å². The van der Waals surface area contributed by atoms with Gasteiger partial charge in [0.25, 0.3) is 5.91 Å². The molecule has 4 N–H and O–H groups in total. The molecule has 0 unspecified atom stereocenters. The number of benzene rings is 4. The molecule has 4 aromatic rings. The fraction of sp³-hybridized carbons (Fsp3) is 0.286. The normalized spacial score (nSPS) is 17.5. The van der Waals surface area contributed by atoms with Crippen LogP contribution in [0.4, 0.5) is 26.7 Å². The minimum Gasteiger partial charge on any atom is -0.487 e. The van der Waals surface area contributed by atoms with E-state index in [1.54, 1.807) is 55.3 Å². The number of amides is 5. The van der Waals surface area contributed by atoms with Gasteiger partial charge in [-0.05, 0) is 48.7 Å². The summed E-state index contributed by atoms with van der Waals surface area (Å²) >= 11 is 0. The predicted octanol–water partition coefficient (Wildman–Crippen LogP) is 5.60. The molecular formula is C35H37N5O7. The molecule has 12 nitrogen and oxygen atoms in total. The fourth-order valence-electron chi connectivity index (χ4n) is 5.68. The molecule has 2 aliphatic rings. The Morgan fingerprint density at radius 2 is 1.66 bits per heavy atom. The molecule has 4 aromatic carbocycles. The van der Waals surface area contributed by atoms with E-state index in [-0.39, 0.29) is 49.9 Å². The Morgan fingerprint density at radius 3 is 2.47 bits per heavy atom. The van der Waals surface area contributed by atoms with E-state index in [1.807, 2.05) is 49.4 Å². The predicted molar refractivity (Wildman–Crippen MR) is 178 cm³/mol. The number of carbonyl (C=O) groups excluding carboxylic acids is 3. The molecule has 0 aromatic heterocycles. The minimum absolute atomic E-state index is 0.134. The highest BCUT2D eigenvalue weighted by Crippen LogP contribution is 2.35. The SMILES string of the molecule is C[C@H]1CN([C@@H](C)CO)C(=O)c2cc(NC(=O)Nc3cccc4ccccc34)ccc2O[C@@H]1CN(C)C(=O)Nc1ccc2c(c1)OCO2. The Bertz CT molecular complexity index is 1810. The number of urea groups is 2. The number of hydrogen-bond acceptors (Lipinski definition) is 7. The second-order valence-electron chi connectivity index (χ2n) is 11.8. The molecule has 0 aliphatic carbocycles. The van der Waals surface area contributed by atoms with Crippen molar-refractivity contribution in [1.29, 1.82) is 0 Å². The molecule has 12 heteroatoms. The van der Waals surface area contributed by atoms with Crippen LogP contribution in [-0.4, -0.2) is 78.6 Å². The molecule has 0 spiro atoms. The molecule has 0 saturated heterocycles. The first-order valence-electron chi connectivity index (χ1n) is 15.4. The number of ether oxygens (including phenoxy) is 3. The van der Waals surface area contributed by atoms with Gasteiger partial charge in [-0.15, -0.1) is 0 Å². The van der Waals surface area contributed by atoms with Crippen molar-refractivity contribution < 1.29 is 33.7 Å². The van der Waals surface area contributed by atoms with Gasteiger partial charge in [-0.3, -0.25) is 4.79 Å². The maximum atomic E-state index is 13.8. The number of aliphatic hydroxyl groups excluding tert-OH is 1. The average molecular weight is 640 g/mol. The van der Waals surface area contributed by atoms with Crippen LogP contribution in [0.1, 0.15) is 24.2 Å². The summed E-state index contributed by atoms with van der Waals surface area (Å²) in [6.07, 6.45) is -0.504. The van der Waals surface area contributed by atoms with Crippen molar-refractivity contribution in [2.24, 2.45) is 5.92 Å². The molecule has 0 bridgehead atoms. The zero-order valence-electron chi connectivity index (χ0n) is 26.4. The van der Waals surface area contributed by atoms with Crippen molar-refractivity contribution in [3.05, 3.63) is 84.4 Å². The maximum absolute atomic E-state index is 13.8. The number of nitrogens with one attached hydrogen (secondary N) is 3. The Labute approximate surface area is 272 Å². The van der Waals surface area contributed by atoms with E-state index in [0.29, 0.717) is 34.3 Å². The lowest BCUT2D eigenvalue weighted by atomic mass is 9.99. The molecule has 2 aliphatic heterocycles. The van der Waals surface area contributed by atoms with E-state index in [4.69, 9.17) is 14.2 Å². The van der Waals surface area contributed by atoms with Crippen LogP contribution < -0.4 is 30.2 Å². The summed E-state index contributed by atoms with van der Waals surface area (Å²) in [5.41, 5.74) is 1.83. The van der Waals surface area contributed by atoms with Crippen molar-refractivity contribution in [2.75, 3.05) is 49.5 Å². The molecule has 3 atom stereocenters. The molecule has 0 saturated carbocycles.